The van der Waals surface area contributed by atoms with Crippen molar-refractivity contribution in [1.82, 2.24) is 0 Å². The molecular weight excluding hydrogens is 272 g/mol. The predicted molar refractivity (Wildman–Crippen MR) is 70.5 cm³/mol. The van der Waals surface area contributed by atoms with E-state index in [0.717, 1.165) is 5.39 Å². The Morgan fingerprint density at radius 3 is 2.42 bits per heavy atom. The van der Waals surface area contributed by atoms with Crippen molar-refractivity contribution in [3.8, 4) is 0 Å². The Labute approximate surface area is 114 Å². The number of nitrogens with two attached hydrogens (primary N) is 1. The number of alkyl halides is 2. The molecule has 3 rings (SSSR count). The summed E-state index contributed by atoms with van der Waals surface area (Å²) in [6.45, 7) is 0. The highest BCUT2D eigenvalue weighted by molar-refractivity contribution is 6.31. The smallest absolute Gasteiger partial charge is 0.248 e. The summed E-state index contributed by atoms with van der Waals surface area (Å²) in [4.78, 5) is 0. The Hall–Kier alpha value is -1.13. The van der Waals surface area contributed by atoms with E-state index in [1.807, 2.05) is 18.2 Å². The SMILES string of the molecule is NC1(c2c(Cl)oc3ccccc23)CCC(F)(F)CC1. The quantitative estimate of drug-likeness (QED) is 0.841. The van der Waals surface area contributed by atoms with Crippen molar-refractivity contribution >= 4 is 22.6 Å². The topological polar surface area (TPSA) is 39.2 Å². The number of benzene rings is 1. The van der Waals surface area contributed by atoms with Crippen LogP contribution in [0.3, 0.4) is 0 Å². The van der Waals surface area contributed by atoms with Gasteiger partial charge in [0.25, 0.3) is 0 Å². The van der Waals surface area contributed by atoms with Crippen molar-refractivity contribution in [1.29, 1.82) is 0 Å². The van der Waals surface area contributed by atoms with Gasteiger partial charge in [-0.1, -0.05) is 18.2 Å². The summed E-state index contributed by atoms with van der Waals surface area (Å²) in [7, 11) is 0. The standard InChI is InChI=1S/C14H14ClF2NO/c15-12-11(9-3-1-2-4-10(9)19-12)13(18)5-7-14(16,17)8-6-13/h1-4H,5-8,18H2. The lowest BCUT2D eigenvalue weighted by Crippen LogP contribution is -2.43. The molecular formula is C14H14ClF2NO. The Kier molecular flexibility index (Phi) is 2.84. The van der Waals surface area contributed by atoms with Crippen molar-refractivity contribution in [2.75, 3.05) is 0 Å². The fourth-order valence-electron chi connectivity index (χ4n) is 2.79. The van der Waals surface area contributed by atoms with Crippen LogP contribution >= 0.6 is 11.6 Å². The number of furan rings is 1. The van der Waals surface area contributed by atoms with Gasteiger partial charge < -0.3 is 10.2 Å². The molecule has 0 bridgehead atoms. The molecule has 1 saturated carbocycles. The summed E-state index contributed by atoms with van der Waals surface area (Å²) in [5, 5.41) is 1.04. The Balaban J connectivity index is 2.07. The van der Waals surface area contributed by atoms with Gasteiger partial charge in [-0.25, -0.2) is 8.78 Å². The molecule has 1 aliphatic rings. The summed E-state index contributed by atoms with van der Waals surface area (Å²) in [5.41, 5.74) is 6.82. The second-order valence-electron chi connectivity index (χ2n) is 5.26. The average Bonchev–Trinajstić information content (AvgIpc) is 2.70. The zero-order valence-corrected chi connectivity index (χ0v) is 11.0. The molecule has 5 heteroatoms. The minimum atomic E-state index is -2.62. The van der Waals surface area contributed by atoms with Gasteiger partial charge in [0.2, 0.25) is 5.92 Å². The third-order valence-electron chi connectivity index (χ3n) is 3.92. The molecule has 2 nitrogen and oxygen atoms in total. The minimum Gasteiger partial charge on any atom is -0.444 e. The van der Waals surface area contributed by atoms with Gasteiger partial charge in [0.1, 0.15) is 5.58 Å². The van der Waals surface area contributed by atoms with Gasteiger partial charge in [-0.15, -0.1) is 0 Å². The molecule has 2 N–H and O–H groups in total. The van der Waals surface area contributed by atoms with E-state index < -0.39 is 11.5 Å². The third kappa shape index (κ3) is 2.13. The zero-order chi connectivity index (χ0) is 13.7. The monoisotopic (exact) mass is 285 g/mol. The van der Waals surface area contributed by atoms with Crippen molar-refractivity contribution in [3.63, 3.8) is 0 Å². The maximum Gasteiger partial charge on any atom is 0.248 e. The van der Waals surface area contributed by atoms with Gasteiger partial charge in [0, 0.05) is 29.3 Å². The molecule has 2 aromatic rings. The zero-order valence-electron chi connectivity index (χ0n) is 10.3. The Bertz CT molecular complexity index is 613. The van der Waals surface area contributed by atoms with Crippen molar-refractivity contribution in [3.05, 3.63) is 35.0 Å². The lowest BCUT2D eigenvalue weighted by atomic mass is 9.76. The molecule has 1 aromatic carbocycles. The molecule has 0 spiro atoms. The highest BCUT2D eigenvalue weighted by Crippen LogP contribution is 2.47. The first-order valence-electron chi connectivity index (χ1n) is 6.26. The average molecular weight is 286 g/mol. The lowest BCUT2D eigenvalue weighted by molar-refractivity contribution is -0.0513. The van der Waals surface area contributed by atoms with Crippen LogP contribution in [0.4, 0.5) is 8.78 Å². The number of fused-ring (bicyclic) bond motifs is 1. The molecule has 1 fully saturated rings. The predicted octanol–water partition coefficient (Wildman–Crippen LogP) is 4.45. The van der Waals surface area contributed by atoms with Crippen molar-refractivity contribution in [2.45, 2.75) is 37.1 Å². The van der Waals surface area contributed by atoms with Gasteiger partial charge in [-0.05, 0) is 30.5 Å². The van der Waals surface area contributed by atoms with E-state index in [-0.39, 0.29) is 30.9 Å². The lowest BCUT2D eigenvalue weighted by Gasteiger charge is -2.36. The molecule has 0 aliphatic heterocycles. The summed E-state index contributed by atoms with van der Waals surface area (Å²) in [6.07, 6.45) is 0.00513. The summed E-state index contributed by atoms with van der Waals surface area (Å²) < 4.78 is 32.1. The second kappa shape index (κ2) is 4.18. The van der Waals surface area contributed by atoms with E-state index in [4.69, 9.17) is 21.8 Å². The summed E-state index contributed by atoms with van der Waals surface area (Å²) in [6, 6.07) is 7.36. The van der Waals surface area contributed by atoms with E-state index >= 15 is 0 Å². The molecule has 1 heterocycles. The molecule has 1 aromatic heterocycles. The largest absolute Gasteiger partial charge is 0.444 e. The first-order chi connectivity index (χ1) is 8.91. The van der Waals surface area contributed by atoms with Gasteiger partial charge in [-0.3, -0.25) is 0 Å². The highest BCUT2D eigenvalue weighted by atomic mass is 35.5. The maximum absolute atomic E-state index is 13.3. The van der Waals surface area contributed by atoms with E-state index in [9.17, 15) is 8.78 Å². The number of rotatable bonds is 1. The van der Waals surface area contributed by atoms with Crippen molar-refractivity contribution < 1.29 is 13.2 Å². The van der Waals surface area contributed by atoms with Crippen LogP contribution in [0.2, 0.25) is 5.22 Å². The summed E-state index contributed by atoms with van der Waals surface area (Å²) in [5.74, 6) is -2.62. The van der Waals surface area contributed by atoms with E-state index in [0.29, 0.717) is 11.1 Å². The Morgan fingerprint density at radius 1 is 1.11 bits per heavy atom. The molecule has 0 radical (unpaired) electrons. The fourth-order valence-corrected chi connectivity index (χ4v) is 3.16. The van der Waals surface area contributed by atoms with Crippen LogP contribution in [-0.4, -0.2) is 5.92 Å². The molecule has 0 amide bonds. The third-order valence-corrected chi connectivity index (χ3v) is 4.19. The molecule has 1 aliphatic carbocycles. The molecule has 0 unspecified atom stereocenters. The van der Waals surface area contributed by atoms with Crippen LogP contribution in [0.1, 0.15) is 31.2 Å². The van der Waals surface area contributed by atoms with Crippen LogP contribution in [0.25, 0.3) is 11.0 Å². The number of hydrogen-bond donors (Lipinski definition) is 1. The fraction of sp³-hybridized carbons (Fsp3) is 0.429. The van der Waals surface area contributed by atoms with Gasteiger partial charge in [0.15, 0.2) is 5.22 Å². The molecule has 102 valence electrons. The van der Waals surface area contributed by atoms with Gasteiger partial charge in [-0.2, -0.15) is 0 Å². The summed E-state index contributed by atoms with van der Waals surface area (Å²) >= 11 is 6.13. The van der Waals surface area contributed by atoms with Crippen molar-refractivity contribution in [2.24, 2.45) is 5.73 Å². The molecule has 19 heavy (non-hydrogen) atoms. The highest BCUT2D eigenvalue weighted by Gasteiger charge is 2.44. The normalized spacial score (nSPS) is 21.7. The second-order valence-corrected chi connectivity index (χ2v) is 5.60. The number of halogens is 3. The number of hydrogen-bond acceptors (Lipinski definition) is 2. The van der Waals surface area contributed by atoms with E-state index in [1.54, 1.807) is 6.07 Å². The Morgan fingerprint density at radius 2 is 1.74 bits per heavy atom. The van der Waals surface area contributed by atoms with E-state index in [2.05, 4.69) is 0 Å². The molecule has 0 saturated heterocycles. The first kappa shape index (κ1) is 12.9. The van der Waals surface area contributed by atoms with Crippen LogP contribution in [0.5, 0.6) is 0 Å². The first-order valence-corrected chi connectivity index (χ1v) is 6.63. The van der Waals surface area contributed by atoms with E-state index in [1.165, 1.54) is 0 Å². The van der Waals surface area contributed by atoms with Crippen LogP contribution in [-0.2, 0) is 5.54 Å². The van der Waals surface area contributed by atoms with Crippen LogP contribution in [0.15, 0.2) is 28.7 Å². The van der Waals surface area contributed by atoms with Gasteiger partial charge in [0.05, 0.1) is 0 Å². The van der Waals surface area contributed by atoms with Crippen LogP contribution < -0.4 is 5.73 Å². The maximum atomic E-state index is 13.3. The molecule has 0 atom stereocenters. The van der Waals surface area contributed by atoms with Gasteiger partial charge >= 0.3 is 0 Å². The number of para-hydroxylation sites is 1. The van der Waals surface area contributed by atoms with Crippen LogP contribution in [0, 0.1) is 0 Å². The minimum absolute atomic E-state index is 0.209.